The summed E-state index contributed by atoms with van der Waals surface area (Å²) >= 11 is 5.87. The second kappa shape index (κ2) is 5.73. The third-order valence-corrected chi connectivity index (χ3v) is 2.43. The molecule has 0 aliphatic heterocycles. The van der Waals surface area contributed by atoms with Crippen molar-refractivity contribution in [3.8, 4) is 0 Å². The Morgan fingerprint density at radius 3 is 2.87 bits per heavy atom. The highest BCUT2D eigenvalue weighted by molar-refractivity contribution is 6.30. The predicted octanol–water partition coefficient (Wildman–Crippen LogP) is 1.74. The zero-order valence-corrected chi connectivity index (χ0v) is 9.64. The molecule has 15 heavy (non-hydrogen) atoms. The first-order valence-corrected chi connectivity index (χ1v) is 5.20. The van der Waals surface area contributed by atoms with Crippen molar-refractivity contribution in [1.29, 1.82) is 0 Å². The second-order valence-electron chi connectivity index (χ2n) is 3.33. The molecule has 1 aromatic carbocycles. The Bertz CT molecular complexity index is 341. The Kier molecular flexibility index (Phi) is 4.59. The van der Waals surface area contributed by atoms with Gasteiger partial charge in [-0.2, -0.15) is 0 Å². The van der Waals surface area contributed by atoms with E-state index < -0.39 is 0 Å². The van der Waals surface area contributed by atoms with Gasteiger partial charge < -0.3 is 10.6 Å². The molecule has 0 spiro atoms. The first-order valence-electron chi connectivity index (χ1n) is 4.83. The molecule has 82 valence electrons. The molecule has 2 N–H and O–H groups in total. The number of rotatable bonds is 4. The van der Waals surface area contributed by atoms with Gasteiger partial charge in [-0.15, -0.1) is 0 Å². The molecule has 0 aliphatic rings. The number of carbonyl (C=O) groups is 1. The van der Waals surface area contributed by atoms with Crippen LogP contribution in [0.25, 0.3) is 0 Å². The van der Waals surface area contributed by atoms with Gasteiger partial charge in [-0.05, 0) is 24.6 Å². The maximum atomic E-state index is 11.0. The largest absolute Gasteiger partial charge is 0.358 e. The summed E-state index contributed by atoms with van der Waals surface area (Å²) in [5, 5.41) is 6.37. The van der Waals surface area contributed by atoms with E-state index in [1.54, 1.807) is 7.05 Å². The van der Waals surface area contributed by atoms with Crippen molar-refractivity contribution in [1.82, 2.24) is 10.6 Å². The third-order valence-electron chi connectivity index (χ3n) is 2.20. The standard InChI is InChI=1S/C11H15ClN2O/c1-8(14-7-11(15)13-2)9-4-3-5-10(12)6-9/h3-6,8,14H,7H2,1-2H3,(H,13,15)/t8-/m1/s1. The lowest BCUT2D eigenvalue weighted by Crippen LogP contribution is -2.32. The SMILES string of the molecule is CNC(=O)CN[C@H](C)c1cccc(Cl)c1. The van der Waals surface area contributed by atoms with E-state index in [-0.39, 0.29) is 11.9 Å². The maximum absolute atomic E-state index is 11.0. The number of hydrogen-bond donors (Lipinski definition) is 2. The Morgan fingerprint density at radius 1 is 1.53 bits per heavy atom. The molecule has 0 heterocycles. The van der Waals surface area contributed by atoms with E-state index in [1.807, 2.05) is 31.2 Å². The number of benzene rings is 1. The van der Waals surface area contributed by atoms with Gasteiger partial charge in [0.25, 0.3) is 0 Å². The summed E-state index contributed by atoms with van der Waals surface area (Å²) in [5.41, 5.74) is 1.08. The number of halogens is 1. The lowest BCUT2D eigenvalue weighted by Gasteiger charge is -2.13. The Hall–Kier alpha value is -1.06. The van der Waals surface area contributed by atoms with Crippen molar-refractivity contribution < 1.29 is 4.79 Å². The Balaban J connectivity index is 2.53. The highest BCUT2D eigenvalue weighted by Crippen LogP contribution is 2.16. The highest BCUT2D eigenvalue weighted by atomic mass is 35.5. The molecule has 0 radical (unpaired) electrons. The molecule has 1 atom stereocenters. The average Bonchev–Trinajstić information content (AvgIpc) is 2.25. The number of nitrogens with one attached hydrogen (secondary N) is 2. The summed E-state index contributed by atoms with van der Waals surface area (Å²) in [6, 6.07) is 7.71. The van der Waals surface area contributed by atoms with Crippen molar-refractivity contribution >= 4 is 17.5 Å². The van der Waals surface area contributed by atoms with Crippen LogP contribution in [-0.4, -0.2) is 19.5 Å². The molecule has 0 bridgehead atoms. The molecule has 1 aromatic rings. The minimum Gasteiger partial charge on any atom is -0.358 e. The van der Waals surface area contributed by atoms with Crippen LogP contribution >= 0.6 is 11.6 Å². The van der Waals surface area contributed by atoms with Crippen LogP contribution in [0.2, 0.25) is 5.02 Å². The van der Waals surface area contributed by atoms with Gasteiger partial charge >= 0.3 is 0 Å². The zero-order valence-electron chi connectivity index (χ0n) is 8.88. The fourth-order valence-electron chi connectivity index (χ4n) is 1.23. The fourth-order valence-corrected chi connectivity index (χ4v) is 1.43. The summed E-state index contributed by atoms with van der Waals surface area (Å²) in [6.07, 6.45) is 0. The molecule has 4 heteroatoms. The zero-order chi connectivity index (χ0) is 11.3. The van der Waals surface area contributed by atoms with Gasteiger partial charge in [0.2, 0.25) is 5.91 Å². The Labute approximate surface area is 94.8 Å². The van der Waals surface area contributed by atoms with Crippen molar-refractivity contribution in [3.05, 3.63) is 34.9 Å². The normalized spacial score (nSPS) is 12.2. The molecule has 0 aliphatic carbocycles. The molecular formula is C11H15ClN2O. The van der Waals surface area contributed by atoms with Crippen molar-refractivity contribution in [2.45, 2.75) is 13.0 Å². The molecule has 0 unspecified atom stereocenters. The quantitative estimate of drug-likeness (QED) is 0.821. The van der Waals surface area contributed by atoms with E-state index >= 15 is 0 Å². The maximum Gasteiger partial charge on any atom is 0.233 e. The number of amides is 1. The monoisotopic (exact) mass is 226 g/mol. The number of carbonyl (C=O) groups excluding carboxylic acids is 1. The van der Waals surface area contributed by atoms with Gasteiger partial charge in [-0.1, -0.05) is 23.7 Å². The van der Waals surface area contributed by atoms with Gasteiger partial charge in [0, 0.05) is 18.1 Å². The van der Waals surface area contributed by atoms with Crippen LogP contribution in [-0.2, 0) is 4.79 Å². The molecule has 3 nitrogen and oxygen atoms in total. The summed E-state index contributed by atoms with van der Waals surface area (Å²) in [4.78, 5) is 11.0. The molecule has 1 amide bonds. The fraction of sp³-hybridized carbons (Fsp3) is 0.364. The molecule has 0 fully saturated rings. The third kappa shape index (κ3) is 3.90. The summed E-state index contributed by atoms with van der Waals surface area (Å²) in [6.45, 7) is 2.30. The minimum atomic E-state index is -0.0242. The lowest BCUT2D eigenvalue weighted by molar-refractivity contribution is -0.119. The molecule has 0 saturated heterocycles. The van der Waals surface area contributed by atoms with Gasteiger partial charge in [-0.25, -0.2) is 0 Å². The first-order chi connectivity index (χ1) is 7.13. The van der Waals surface area contributed by atoms with Gasteiger partial charge in [-0.3, -0.25) is 4.79 Å². The number of likely N-dealkylation sites (N-methyl/N-ethyl adjacent to an activating group) is 1. The van der Waals surface area contributed by atoms with Crippen LogP contribution in [0.3, 0.4) is 0 Å². The smallest absolute Gasteiger partial charge is 0.233 e. The predicted molar refractivity (Wildman–Crippen MR) is 61.9 cm³/mol. The Morgan fingerprint density at radius 2 is 2.27 bits per heavy atom. The van der Waals surface area contributed by atoms with Gasteiger partial charge in [0.05, 0.1) is 6.54 Å². The van der Waals surface area contributed by atoms with Crippen molar-refractivity contribution in [2.24, 2.45) is 0 Å². The van der Waals surface area contributed by atoms with E-state index in [1.165, 1.54) is 0 Å². The van der Waals surface area contributed by atoms with Gasteiger partial charge in [0.1, 0.15) is 0 Å². The van der Waals surface area contributed by atoms with Crippen LogP contribution < -0.4 is 10.6 Å². The lowest BCUT2D eigenvalue weighted by atomic mass is 10.1. The van der Waals surface area contributed by atoms with Crippen LogP contribution in [0.1, 0.15) is 18.5 Å². The van der Waals surface area contributed by atoms with E-state index in [2.05, 4.69) is 10.6 Å². The van der Waals surface area contributed by atoms with Crippen LogP contribution in [0.4, 0.5) is 0 Å². The summed E-state index contributed by atoms with van der Waals surface area (Å²) in [7, 11) is 1.62. The molecule has 1 rings (SSSR count). The van der Waals surface area contributed by atoms with Crippen LogP contribution in [0, 0.1) is 0 Å². The number of hydrogen-bond acceptors (Lipinski definition) is 2. The molecule has 0 aromatic heterocycles. The molecular weight excluding hydrogens is 212 g/mol. The van der Waals surface area contributed by atoms with E-state index in [4.69, 9.17) is 11.6 Å². The summed E-state index contributed by atoms with van der Waals surface area (Å²) < 4.78 is 0. The van der Waals surface area contributed by atoms with Crippen LogP contribution in [0.15, 0.2) is 24.3 Å². The van der Waals surface area contributed by atoms with Crippen LogP contribution in [0.5, 0.6) is 0 Å². The molecule has 0 saturated carbocycles. The first kappa shape index (κ1) is 12.0. The van der Waals surface area contributed by atoms with E-state index in [0.29, 0.717) is 11.6 Å². The van der Waals surface area contributed by atoms with E-state index in [0.717, 1.165) is 5.56 Å². The summed E-state index contributed by atoms with van der Waals surface area (Å²) in [5.74, 6) is -0.0242. The minimum absolute atomic E-state index is 0.0242. The van der Waals surface area contributed by atoms with Crippen molar-refractivity contribution in [2.75, 3.05) is 13.6 Å². The van der Waals surface area contributed by atoms with Gasteiger partial charge in [0.15, 0.2) is 0 Å². The second-order valence-corrected chi connectivity index (χ2v) is 3.77. The topological polar surface area (TPSA) is 41.1 Å². The average molecular weight is 227 g/mol. The van der Waals surface area contributed by atoms with E-state index in [9.17, 15) is 4.79 Å². The van der Waals surface area contributed by atoms with Crippen molar-refractivity contribution in [3.63, 3.8) is 0 Å². The highest BCUT2D eigenvalue weighted by Gasteiger charge is 2.06.